The number of hydrogen-bond acceptors (Lipinski definition) is 5. The van der Waals surface area contributed by atoms with E-state index in [9.17, 15) is 4.79 Å². The predicted octanol–water partition coefficient (Wildman–Crippen LogP) is 4.02. The Morgan fingerprint density at radius 2 is 2.00 bits per heavy atom. The maximum absolute atomic E-state index is 12.9. The molecule has 0 bridgehead atoms. The van der Waals surface area contributed by atoms with Gasteiger partial charge in [-0.05, 0) is 17.9 Å². The summed E-state index contributed by atoms with van der Waals surface area (Å²) in [6, 6.07) is 13.9. The summed E-state index contributed by atoms with van der Waals surface area (Å²) in [4.78, 5) is 28.5. The van der Waals surface area contributed by atoms with Crippen LogP contribution in [0.3, 0.4) is 0 Å². The Labute approximate surface area is 154 Å². The molecule has 2 N–H and O–H groups in total. The van der Waals surface area contributed by atoms with E-state index >= 15 is 0 Å². The van der Waals surface area contributed by atoms with E-state index in [4.69, 9.17) is 0 Å². The highest BCUT2D eigenvalue weighted by molar-refractivity contribution is 8.00. The summed E-state index contributed by atoms with van der Waals surface area (Å²) in [5.41, 5.74) is 2.18. The Balaban J connectivity index is 1.58. The largest absolute Gasteiger partial charge is 0.341 e. The Bertz CT molecular complexity index is 1070. The SMILES string of the molecule is CCC(Sc1ncnc2nc[nH]c12)C(=O)Nc1cccc2ccccc12. The van der Waals surface area contributed by atoms with Gasteiger partial charge in [0.25, 0.3) is 0 Å². The zero-order valence-corrected chi connectivity index (χ0v) is 15.0. The maximum Gasteiger partial charge on any atom is 0.237 e. The molecule has 1 unspecified atom stereocenters. The summed E-state index contributed by atoms with van der Waals surface area (Å²) in [5, 5.41) is 5.66. The highest BCUT2D eigenvalue weighted by Gasteiger charge is 2.21. The first-order chi connectivity index (χ1) is 12.8. The molecule has 0 spiro atoms. The quantitative estimate of drug-likeness (QED) is 0.413. The molecule has 0 fully saturated rings. The van der Waals surface area contributed by atoms with Gasteiger partial charge in [0, 0.05) is 11.1 Å². The number of benzene rings is 2. The molecule has 6 nitrogen and oxygen atoms in total. The van der Waals surface area contributed by atoms with E-state index in [1.165, 1.54) is 18.1 Å². The van der Waals surface area contributed by atoms with Gasteiger partial charge in [0.2, 0.25) is 5.91 Å². The van der Waals surface area contributed by atoms with Crippen molar-refractivity contribution in [3.05, 3.63) is 55.1 Å². The van der Waals surface area contributed by atoms with Crippen LogP contribution in [0.25, 0.3) is 21.9 Å². The Morgan fingerprint density at radius 3 is 2.88 bits per heavy atom. The smallest absolute Gasteiger partial charge is 0.237 e. The predicted molar refractivity (Wildman–Crippen MR) is 104 cm³/mol. The van der Waals surface area contributed by atoms with Gasteiger partial charge in [-0.3, -0.25) is 4.79 Å². The van der Waals surface area contributed by atoms with Crippen molar-refractivity contribution in [2.45, 2.75) is 23.6 Å². The number of imidazole rings is 1. The molecular formula is C19H17N5OS. The van der Waals surface area contributed by atoms with Crippen molar-refractivity contribution in [3.8, 4) is 0 Å². The van der Waals surface area contributed by atoms with Crippen LogP contribution in [-0.4, -0.2) is 31.1 Å². The number of nitrogens with one attached hydrogen (secondary N) is 2. The minimum atomic E-state index is -0.268. The average molecular weight is 363 g/mol. The summed E-state index contributed by atoms with van der Waals surface area (Å²) in [5.74, 6) is -0.0415. The van der Waals surface area contributed by atoms with Crippen LogP contribution in [0.15, 0.2) is 60.1 Å². The number of H-pyrrole nitrogens is 1. The monoisotopic (exact) mass is 363 g/mol. The lowest BCUT2D eigenvalue weighted by atomic mass is 10.1. The van der Waals surface area contributed by atoms with Crippen molar-refractivity contribution in [2.75, 3.05) is 5.32 Å². The molecule has 4 rings (SSSR count). The average Bonchev–Trinajstić information content (AvgIpc) is 3.16. The number of fused-ring (bicyclic) bond motifs is 2. The zero-order valence-electron chi connectivity index (χ0n) is 14.1. The van der Waals surface area contributed by atoms with E-state index in [1.54, 1.807) is 6.33 Å². The van der Waals surface area contributed by atoms with Gasteiger partial charge in [-0.1, -0.05) is 55.1 Å². The van der Waals surface area contributed by atoms with Crippen molar-refractivity contribution >= 4 is 45.3 Å². The topological polar surface area (TPSA) is 83.6 Å². The first kappa shape index (κ1) is 16.5. The molecule has 0 saturated heterocycles. The zero-order chi connectivity index (χ0) is 17.9. The number of anilines is 1. The van der Waals surface area contributed by atoms with Crippen molar-refractivity contribution in [1.82, 2.24) is 19.9 Å². The molecule has 2 aromatic heterocycles. The number of aromatic nitrogens is 4. The third-order valence-electron chi connectivity index (χ3n) is 4.15. The summed E-state index contributed by atoms with van der Waals surface area (Å²) in [6.07, 6.45) is 3.74. The Morgan fingerprint density at radius 1 is 1.15 bits per heavy atom. The van der Waals surface area contributed by atoms with Gasteiger partial charge in [0.1, 0.15) is 16.9 Å². The Kier molecular flexibility index (Phi) is 4.53. The van der Waals surface area contributed by atoms with Crippen LogP contribution < -0.4 is 5.32 Å². The molecule has 26 heavy (non-hydrogen) atoms. The molecule has 2 aromatic carbocycles. The summed E-state index contributed by atoms with van der Waals surface area (Å²) < 4.78 is 0. The van der Waals surface area contributed by atoms with E-state index in [0.29, 0.717) is 12.1 Å². The maximum atomic E-state index is 12.9. The van der Waals surface area contributed by atoms with Gasteiger partial charge < -0.3 is 10.3 Å². The highest BCUT2D eigenvalue weighted by atomic mass is 32.2. The van der Waals surface area contributed by atoms with Gasteiger partial charge in [0.05, 0.1) is 11.6 Å². The first-order valence-electron chi connectivity index (χ1n) is 8.35. The molecule has 0 aliphatic heterocycles. The van der Waals surface area contributed by atoms with Crippen LogP contribution in [0.2, 0.25) is 0 Å². The lowest BCUT2D eigenvalue weighted by molar-refractivity contribution is -0.115. The van der Waals surface area contributed by atoms with Crippen LogP contribution in [0.1, 0.15) is 13.3 Å². The summed E-state index contributed by atoms with van der Waals surface area (Å²) >= 11 is 1.42. The molecule has 7 heteroatoms. The van der Waals surface area contributed by atoms with Crippen LogP contribution >= 0.6 is 11.8 Å². The second-order valence-corrected chi connectivity index (χ2v) is 7.00. The molecule has 0 aliphatic rings. The molecule has 0 aliphatic carbocycles. The number of carbonyl (C=O) groups is 1. The Hall–Kier alpha value is -2.93. The van der Waals surface area contributed by atoms with Crippen LogP contribution in [-0.2, 0) is 4.79 Å². The molecule has 0 saturated carbocycles. The number of thioether (sulfide) groups is 1. The summed E-state index contributed by atoms with van der Waals surface area (Å²) in [6.45, 7) is 1.99. The lowest BCUT2D eigenvalue weighted by Crippen LogP contribution is -2.24. The van der Waals surface area contributed by atoms with E-state index in [0.717, 1.165) is 27.0 Å². The minimum Gasteiger partial charge on any atom is -0.341 e. The number of aromatic amines is 1. The molecule has 1 atom stereocenters. The highest BCUT2D eigenvalue weighted by Crippen LogP contribution is 2.30. The van der Waals surface area contributed by atoms with E-state index in [1.807, 2.05) is 49.4 Å². The van der Waals surface area contributed by atoms with Gasteiger partial charge in [0.15, 0.2) is 5.65 Å². The lowest BCUT2D eigenvalue weighted by Gasteiger charge is -2.15. The van der Waals surface area contributed by atoms with Crippen LogP contribution in [0.4, 0.5) is 5.69 Å². The van der Waals surface area contributed by atoms with Crippen molar-refractivity contribution in [2.24, 2.45) is 0 Å². The van der Waals surface area contributed by atoms with Gasteiger partial charge in [-0.25, -0.2) is 15.0 Å². The van der Waals surface area contributed by atoms with Gasteiger partial charge in [-0.2, -0.15) is 0 Å². The fraction of sp³-hybridized carbons (Fsp3) is 0.158. The second kappa shape index (κ2) is 7.13. The fourth-order valence-corrected chi connectivity index (χ4v) is 3.82. The van der Waals surface area contributed by atoms with Gasteiger partial charge in [-0.15, -0.1) is 0 Å². The summed E-state index contributed by atoms with van der Waals surface area (Å²) in [7, 11) is 0. The molecule has 130 valence electrons. The molecular weight excluding hydrogens is 346 g/mol. The normalized spacial score (nSPS) is 12.3. The van der Waals surface area contributed by atoms with Crippen LogP contribution in [0.5, 0.6) is 0 Å². The second-order valence-electron chi connectivity index (χ2n) is 5.81. The molecule has 2 heterocycles. The number of carbonyl (C=O) groups excluding carboxylic acids is 1. The molecule has 4 aromatic rings. The number of hydrogen-bond donors (Lipinski definition) is 2. The fourth-order valence-electron chi connectivity index (χ4n) is 2.84. The number of rotatable bonds is 5. The number of amides is 1. The van der Waals surface area contributed by atoms with E-state index in [2.05, 4.69) is 25.3 Å². The molecule has 0 radical (unpaired) electrons. The minimum absolute atomic E-state index is 0.0415. The van der Waals surface area contributed by atoms with Crippen LogP contribution in [0, 0.1) is 0 Å². The van der Waals surface area contributed by atoms with Crippen molar-refractivity contribution < 1.29 is 4.79 Å². The van der Waals surface area contributed by atoms with Gasteiger partial charge >= 0.3 is 0 Å². The number of nitrogens with zero attached hydrogens (tertiary/aromatic N) is 3. The molecule has 1 amide bonds. The van der Waals surface area contributed by atoms with Crippen molar-refractivity contribution in [1.29, 1.82) is 0 Å². The van der Waals surface area contributed by atoms with E-state index in [-0.39, 0.29) is 11.2 Å². The van der Waals surface area contributed by atoms with E-state index < -0.39 is 0 Å². The third-order valence-corrected chi connectivity index (χ3v) is 5.52. The van der Waals surface area contributed by atoms with Crippen molar-refractivity contribution in [3.63, 3.8) is 0 Å². The standard InChI is InChI=1S/C19H17N5OS/c1-2-15(26-19-16-17(21-10-20-16)22-11-23-19)18(25)24-14-9-5-7-12-6-3-4-8-13(12)14/h3-11,15H,2H2,1H3,(H,24,25)(H,20,21,22,23). The third kappa shape index (κ3) is 3.13. The first-order valence-corrected chi connectivity index (χ1v) is 9.23.